The fourth-order valence-electron chi connectivity index (χ4n) is 2.69. The Kier molecular flexibility index (Phi) is 5.87. The molecule has 106 valence electrons. The molecule has 2 nitrogen and oxygen atoms in total. The van der Waals surface area contributed by atoms with Crippen molar-refractivity contribution in [2.75, 3.05) is 19.6 Å². The van der Waals surface area contributed by atoms with Crippen LogP contribution in [-0.2, 0) is 0 Å². The Morgan fingerprint density at radius 1 is 1.44 bits per heavy atom. The van der Waals surface area contributed by atoms with E-state index in [1.165, 1.54) is 25.0 Å². The van der Waals surface area contributed by atoms with Gasteiger partial charge < -0.3 is 5.32 Å². The van der Waals surface area contributed by atoms with Gasteiger partial charge in [0.2, 0.25) is 0 Å². The van der Waals surface area contributed by atoms with Crippen molar-refractivity contribution in [1.29, 1.82) is 0 Å². The number of hydrogen-bond donors (Lipinski definition) is 1. The number of rotatable bonds is 5. The van der Waals surface area contributed by atoms with Crippen LogP contribution in [-0.4, -0.2) is 36.1 Å². The van der Waals surface area contributed by atoms with E-state index in [-0.39, 0.29) is 0 Å². The van der Waals surface area contributed by atoms with Crippen LogP contribution in [0.15, 0.2) is 11.6 Å². The standard InChI is InChI=1S/C16H32N2/c1-7-16(6)12-17-15(10-14(4)5)11-18(16)9-8-13(2)3/h8,14-15,17H,7,9-12H2,1-6H3. The predicted octanol–water partition coefficient (Wildman–Crippen LogP) is 3.44. The number of nitrogens with zero attached hydrogens (tertiary/aromatic N) is 1. The van der Waals surface area contributed by atoms with Crippen molar-refractivity contribution < 1.29 is 0 Å². The van der Waals surface area contributed by atoms with Crippen molar-refractivity contribution in [3.63, 3.8) is 0 Å². The molecule has 1 fully saturated rings. The van der Waals surface area contributed by atoms with Crippen LogP contribution in [0, 0.1) is 5.92 Å². The summed E-state index contributed by atoms with van der Waals surface area (Å²) in [6.07, 6.45) is 4.86. The lowest BCUT2D eigenvalue weighted by atomic mass is 9.90. The highest BCUT2D eigenvalue weighted by Gasteiger charge is 2.35. The lowest BCUT2D eigenvalue weighted by molar-refractivity contribution is 0.0553. The van der Waals surface area contributed by atoms with Crippen LogP contribution in [0.5, 0.6) is 0 Å². The van der Waals surface area contributed by atoms with E-state index in [0.29, 0.717) is 11.6 Å². The zero-order valence-electron chi connectivity index (χ0n) is 13.2. The maximum absolute atomic E-state index is 3.75. The highest BCUT2D eigenvalue weighted by atomic mass is 15.3. The van der Waals surface area contributed by atoms with Gasteiger partial charge in [-0.05, 0) is 39.5 Å². The van der Waals surface area contributed by atoms with Crippen LogP contribution in [0.4, 0.5) is 0 Å². The van der Waals surface area contributed by atoms with E-state index >= 15 is 0 Å². The van der Waals surface area contributed by atoms with Crippen LogP contribution in [0.2, 0.25) is 0 Å². The third kappa shape index (κ3) is 4.40. The molecule has 0 bridgehead atoms. The summed E-state index contributed by atoms with van der Waals surface area (Å²) in [6, 6.07) is 0.662. The van der Waals surface area contributed by atoms with Gasteiger partial charge in [-0.1, -0.05) is 32.4 Å². The molecule has 1 aliphatic rings. The summed E-state index contributed by atoms with van der Waals surface area (Å²) in [5.41, 5.74) is 1.74. The molecule has 0 radical (unpaired) electrons. The van der Waals surface area contributed by atoms with Crippen LogP contribution < -0.4 is 5.32 Å². The Hall–Kier alpha value is -0.340. The minimum atomic E-state index is 0.319. The van der Waals surface area contributed by atoms with Crippen molar-refractivity contribution in [3.05, 3.63) is 11.6 Å². The average Bonchev–Trinajstić information content (AvgIpc) is 2.29. The minimum absolute atomic E-state index is 0.319. The van der Waals surface area contributed by atoms with Gasteiger partial charge in [0.25, 0.3) is 0 Å². The van der Waals surface area contributed by atoms with Crippen molar-refractivity contribution in [3.8, 4) is 0 Å². The molecule has 2 heteroatoms. The zero-order valence-corrected chi connectivity index (χ0v) is 13.2. The topological polar surface area (TPSA) is 15.3 Å². The monoisotopic (exact) mass is 252 g/mol. The number of hydrogen-bond acceptors (Lipinski definition) is 2. The third-order valence-corrected chi connectivity index (χ3v) is 4.21. The third-order valence-electron chi connectivity index (χ3n) is 4.21. The summed E-state index contributed by atoms with van der Waals surface area (Å²) in [5.74, 6) is 0.777. The quantitative estimate of drug-likeness (QED) is 0.754. The van der Waals surface area contributed by atoms with Gasteiger partial charge in [-0.25, -0.2) is 0 Å². The largest absolute Gasteiger partial charge is 0.311 e. The first kappa shape index (κ1) is 15.7. The van der Waals surface area contributed by atoms with E-state index in [9.17, 15) is 0 Å². The molecular weight excluding hydrogens is 220 g/mol. The van der Waals surface area contributed by atoms with E-state index in [2.05, 4.69) is 57.8 Å². The number of piperazine rings is 1. The molecule has 0 aromatic carbocycles. The predicted molar refractivity (Wildman–Crippen MR) is 80.9 cm³/mol. The van der Waals surface area contributed by atoms with E-state index in [4.69, 9.17) is 0 Å². The first-order chi connectivity index (χ1) is 8.37. The van der Waals surface area contributed by atoms with Crippen LogP contribution in [0.25, 0.3) is 0 Å². The van der Waals surface area contributed by atoms with Gasteiger partial charge >= 0.3 is 0 Å². The molecule has 18 heavy (non-hydrogen) atoms. The Morgan fingerprint density at radius 2 is 2.11 bits per heavy atom. The molecule has 0 aromatic heterocycles. The van der Waals surface area contributed by atoms with Gasteiger partial charge in [-0.3, -0.25) is 4.90 Å². The van der Waals surface area contributed by atoms with Gasteiger partial charge in [0.1, 0.15) is 0 Å². The van der Waals surface area contributed by atoms with Crippen LogP contribution >= 0.6 is 0 Å². The number of nitrogens with one attached hydrogen (secondary N) is 1. The maximum atomic E-state index is 3.75. The first-order valence-corrected chi connectivity index (χ1v) is 7.49. The molecule has 1 saturated heterocycles. The van der Waals surface area contributed by atoms with Crippen molar-refractivity contribution in [1.82, 2.24) is 10.2 Å². The molecule has 0 amide bonds. The first-order valence-electron chi connectivity index (χ1n) is 7.49. The van der Waals surface area contributed by atoms with Crippen LogP contribution in [0.1, 0.15) is 54.4 Å². The second kappa shape index (κ2) is 6.72. The second-order valence-electron chi connectivity index (χ2n) is 6.74. The fraction of sp³-hybridized carbons (Fsp3) is 0.875. The number of allylic oxidation sites excluding steroid dienone is 1. The summed E-state index contributed by atoms with van der Waals surface area (Å²) in [5, 5.41) is 3.75. The van der Waals surface area contributed by atoms with Crippen molar-refractivity contribution >= 4 is 0 Å². The molecular formula is C16H32N2. The molecule has 2 atom stereocenters. The van der Waals surface area contributed by atoms with E-state index in [1.54, 1.807) is 0 Å². The highest BCUT2D eigenvalue weighted by Crippen LogP contribution is 2.24. The molecule has 1 rings (SSSR count). The lowest BCUT2D eigenvalue weighted by Gasteiger charge is -2.48. The van der Waals surface area contributed by atoms with Crippen molar-refractivity contribution in [2.45, 2.75) is 66.0 Å². The normalized spacial score (nSPS) is 29.6. The summed E-state index contributed by atoms with van der Waals surface area (Å²) < 4.78 is 0. The van der Waals surface area contributed by atoms with E-state index in [1.807, 2.05) is 0 Å². The van der Waals surface area contributed by atoms with Gasteiger partial charge in [-0.15, -0.1) is 0 Å². The van der Waals surface area contributed by atoms with Gasteiger partial charge in [0, 0.05) is 31.2 Å². The summed E-state index contributed by atoms with van der Waals surface area (Å²) in [4.78, 5) is 2.67. The molecule has 1 N–H and O–H groups in total. The van der Waals surface area contributed by atoms with Gasteiger partial charge in [-0.2, -0.15) is 0 Å². The molecule has 1 heterocycles. The Labute approximate surface area is 114 Å². The van der Waals surface area contributed by atoms with E-state index < -0.39 is 0 Å². The highest BCUT2D eigenvalue weighted by molar-refractivity contribution is 5.01. The van der Waals surface area contributed by atoms with Gasteiger partial charge in [0.05, 0.1) is 0 Å². The fourth-order valence-corrected chi connectivity index (χ4v) is 2.69. The smallest absolute Gasteiger partial charge is 0.0307 e. The molecule has 2 unspecified atom stereocenters. The average molecular weight is 252 g/mol. The lowest BCUT2D eigenvalue weighted by Crippen LogP contribution is -2.63. The summed E-state index contributed by atoms with van der Waals surface area (Å²) >= 11 is 0. The maximum Gasteiger partial charge on any atom is 0.0307 e. The molecule has 0 saturated carbocycles. The van der Waals surface area contributed by atoms with E-state index in [0.717, 1.165) is 19.0 Å². The van der Waals surface area contributed by atoms with Crippen molar-refractivity contribution in [2.24, 2.45) is 5.92 Å². The molecule has 0 aliphatic carbocycles. The molecule has 0 aromatic rings. The van der Waals surface area contributed by atoms with Crippen LogP contribution in [0.3, 0.4) is 0 Å². The minimum Gasteiger partial charge on any atom is -0.311 e. The SMILES string of the molecule is CCC1(C)CNC(CC(C)C)CN1CC=C(C)C. The van der Waals surface area contributed by atoms with Gasteiger partial charge in [0.15, 0.2) is 0 Å². The Morgan fingerprint density at radius 3 is 2.61 bits per heavy atom. The zero-order chi connectivity index (χ0) is 13.8. The summed E-state index contributed by atoms with van der Waals surface area (Å²) in [7, 11) is 0. The second-order valence-corrected chi connectivity index (χ2v) is 6.74. The Balaban J connectivity index is 2.67. The molecule has 0 spiro atoms. The Bertz CT molecular complexity index is 279. The summed E-state index contributed by atoms with van der Waals surface area (Å²) in [6.45, 7) is 17.1. The molecule has 1 aliphatic heterocycles.